The molecule has 3 aromatic rings. The number of aromatic amines is 1. The zero-order valence-corrected chi connectivity index (χ0v) is 27.6. The third kappa shape index (κ3) is 5.19. The summed E-state index contributed by atoms with van der Waals surface area (Å²) >= 11 is 6.84. The van der Waals surface area contributed by atoms with E-state index in [1.54, 1.807) is 0 Å². The molecule has 4 N–H and O–H groups in total. The molecule has 0 bridgehead atoms. The fourth-order valence-corrected chi connectivity index (χ4v) is 8.81. The van der Waals surface area contributed by atoms with Gasteiger partial charge in [-0.25, -0.2) is 9.78 Å². The number of nitrogens with one attached hydrogen (secondary N) is 4. The second-order valence-corrected chi connectivity index (χ2v) is 15.3. The minimum atomic E-state index is -0.918. The standard InChI is InChI=1S/C36H43ClN6O4/c1-34(13-14-34)27(23-7-2-3-8-24(23)37)28(41-33(46)43-16-4-5-17-43)30-39-25-10-9-22(19-26(25)40-30)36(15-18-47-21-36)32(45)42-29-31(44)38-20-35(29)11-6-12-35/h2-3,7-10,19,27-29H,4-6,11-18,20-21H2,1H3,(H,38,44)(H,39,40)(H,41,46)(H,42,45)/t27-,28-,29-,36?/m0/s1. The zero-order valence-electron chi connectivity index (χ0n) is 26.9. The van der Waals surface area contributed by atoms with Gasteiger partial charge in [0.05, 0.1) is 29.1 Å². The van der Waals surface area contributed by atoms with Gasteiger partial charge in [0.1, 0.15) is 11.9 Å². The zero-order chi connectivity index (χ0) is 32.4. The van der Waals surface area contributed by atoms with E-state index >= 15 is 0 Å². The third-order valence-electron chi connectivity index (χ3n) is 12.0. The Balaban J connectivity index is 1.15. The maximum absolute atomic E-state index is 14.1. The number of benzene rings is 2. The number of rotatable bonds is 8. The largest absolute Gasteiger partial charge is 0.380 e. The molecule has 1 spiro atoms. The fourth-order valence-electron chi connectivity index (χ4n) is 8.55. The van der Waals surface area contributed by atoms with Gasteiger partial charge in [0.15, 0.2) is 0 Å². The van der Waals surface area contributed by atoms with Crippen molar-refractivity contribution in [2.45, 2.75) is 81.7 Å². The molecular formula is C36H43ClN6O4. The minimum Gasteiger partial charge on any atom is -0.380 e. The molecule has 4 amide bonds. The first-order valence-corrected chi connectivity index (χ1v) is 17.6. The van der Waals surface area contributed by atoms with Crippen LogP contribution < -0.4 is 16.0 Å². The van der Waals surface area contributed by atoms with Gasteiger partial charge < -0.3 is 30.6 Å². The number of hydrogen-bond acceptors (Lipinski definition) is 5. The van der Waals surface area contributed by atoms with Gasteiger partial charge in [-0.3, -0.25) is 9.59 Å². The molecule has 8 rings (SSSR count). The number of urea groups is 1. The fraction of sp³-hybridized carbons (Fsp3) is 0.556. The highest BCUT2D eigenvalue weighted by Crippen LogP contribution is 2.60. The lowest BCUT2D eigenvalue weighted by Crippen LogP contribution is -2.57. The third-order valence-corrected chi connectivity index (χ3v) is 12.3. The second kappa shape index (κ2) is 11.5. The number of carbonyl (C=O) groups is 3. The van der Waals surface area contributed by atoms with Crippen molar-refractivity contribution in [3.8, 4) is 0 Å². The molecule has 11 heteroatoms. The van der Waals surface area contributed by atoms with Crippen LogP contribution in [0.3, 0.4) is 0 Å². The monoisotopic (exact) mass is 658 g/mol. The quantitative estimate of drug-likeness (QED) is 0.268. The van der Waals surface area contributed by atoms with Crippen molar-refractivity contribution in [1.82, 2.24) is 30.8 Å². The van der Waals surface area contributed by atoms with E-state index in [4.69, 9.17) is 21.3 Å². The van der Waals surface area contributed by atoms with Crippen LogP contribution in [-0.4, -0.2) is 71.6 Å². The Morgan fingerprint density at radius 3 is 2.53 bits per heavy atom. The van der Waals surface area contributed by atoms with Gasteiger partial charge in [-0.1, -0.05) is 49.2 Å². The summed E-state index contributed by atoms with van der Waals surface area (Å²) in [4.78, 5) is 51.1. The Kier molecular flexibility index (Phi) is 7.52. The first-order valence-electron chi connectivity index (χ1n) is 17.2. The van der Waals surface area contributed by atoms with E-state index in [-0.39, 0.29) is 41.2 Å². The lowest BCUT2D eigenvalue weighted by atomic mass is 9.65. The number of hydrogen-bond donors (Lipinski definition) is 4. The van der Waals surface area contributed by atoms with Crippen molar-refractivity contribution in [3.05, 3.63) is 64.4 Å². The molecule has 5 fully saturated rings. The first-order chi connectivity index (χ1) is 22.7. The molecule has 248 valence electrons. The number of halogens is 1. The number of aromatic nitrogens is 2. The van der Waals surface area contributed by atoms with Crippen molar-refractivity contribution in [3.63, 3.8) is 0 Å². The molecule has 1 aromatic heterocycles. The SMILES string of the molecule is CC1([C@@H](c2ccccc2Cl)[C@H](NC(=O)N2CCCC2)c2nc3ccc(C4(C(=O)N[C@H]5C(=O)NCC56CCC6)CCOC4)cc3[nH]2)CC1. The summed E-state index contributed by atoms with van der Waals surface area (Å²) in [7, 11) is 0. The maximum Gasteiger partial charge on any atom is 0.318 e. The van der Waals surface area contributed by atoms with Gasteiger partial charge in [0.25, 0.3) is 0 Å². The normalized spacial score (nSPS) is 27.0. The molecule has 2 aromatic carbocycles. The highest BCUT2D eigenvalue weighted by Gasteiger charge is 2.55. The summed E-state index contributed by atoms with van der Waals surface area (Å²) in [6.07, 6.45) is 7.53. The van der Waals surface area contributed by atoms with E-state index in [2.05, 4.69) is 33.9 Å². The molecule has 4 atom stereocenters. The van der Waals surface area contributed by atoms with Crippen LogP contribution in [-0.2, 0) is 19.7 Å². The molecule has 5 aliphatic rings. The Morgan fingerprint density at radius 1 is 1.06 bits per heavy atom. The Labute approximate surface area is 279 Å². The van der Waals surface area contributed by atoms with Crippen LogP contribution in [0.2, 0.25) is 5.02 Å². The number of fused-ring (bicyclic) bond motifs is 1. The van der Waals surface area contributed by atoms with E-state index in [0.717, 1.165) is 80.2 Å². The first kappa shape index (κ1) is 30.7. The molecule has 3 saturated heterocycles. The molecule has 10 nitrogen and oxygen atoms in total. The van der Waals surface area contributed by atoms with Crippen molar-refractivity contribution in [2.24, 2.45) is 10.8 Å². The van der Waals surface area contributed by atoms with E-state index in [1.807, 2.05) is 41.3 Å². The molecule has 2 saturated carbocycles. The van der Waals surface area contributed by atoms with Crippen molar-refractivity contribution < 1.29 is 19.1 Å². The summed E-state index contributed by atoms with van der Waals surface area (Å²) in [5.74, 6) is 0.303. The summed E-state index contributed by atoms with van der Waals surface area (Å²) in [6, 6.07) is 12.8. The minimum absolute atomic E-state index is 0.0499. The maximum atomic E-state index is 14.1. The van der Waals surface area contributed by atoms with Crippen LogP contribution in [0.5, 0.6) is 0 Å². The van der Waals surface area contributed by atoms with E-state index < -0.39 is 17.5 Å². The number of likely N-dealkylation sites (tertiary alicyclic amines) is 1. The smallest absolute Gasteiger partial charge is 0.318 e. The van der Waals surface area contributed by atoms with E-state index in [9.17, 15) is 14.4 Å². The highest BCUT2D eigenvalue weighted by atomic mass is 35.5. The molecule has 4 heterocycles. The number of H-pyrrole nitrogens is 1. The van der Waals surface area contributed by atoms with Gasteiger partial charge in [-0.2, -0.15) is 0 Å². The molecule has 47 heavy (non-hydrogen) atoms. The summed E-state index contributed by atoms with van der Waals surface area (Å²) in [6.45, 7) is 5.07. The number of nitrogens with zero attached hydrogens (tertiary/aromatic N) is 2. The second-order valence-electron chi connectivity index (χ2n) is 14.9. The van der Waals surface area contributed by atoms with Crippen LogP contribution >= 0.6 is 11.6 Å². The number of imidazole rings is 1. The van der Waals surface area contributed by atoms with Gasteiger partial charge in [-0.15, -0.1) is 0 Å². The number of ether oxygens (including phenoxy) is 1. The molecule has 1 unspecified atom stereocenters. The summed E-state index contributed by atoms with van der Waals surface area (Å²) in [5, 5.41) is 10.2. The van der Waals surface area contributed by atoms with E-state index in [0.29, 0.717) is 30.4 Å². The molecule has 3 aliphatic heterocycles. The lowest BCUT2D eigenvalue weighted by molar-refractivity contribution is -0.133. The predicted molar refractivity (Wildman–Crippen MR) is 178 cm³/mol. The van der Waals surface area contributed by atoms with Gasteiger partial charge in [-0.05, 0) is 79.7 Å². The van der Waals surface area contributed by atoms with Crippen molar-refractivity contribution in [1.29, 1.82) is 0 Å². The predicted octanol–water partition coefficient (Wildman–Crippen LogP) is 5.09. The molecule has 0 radical (unpaired) electrons. The van der Waals surface area contributed by atoms with E-state index in [1.165, 1.54) is 0 Å². The van der Waals surface area contributed by atoms with Crippen LogP contribution in [0.1, 0.15) is 87.2 Å². The average molecular weight is 659 g/mol. The van der Waals surface area contributed by atoms with Crippen molar-refractivity contribution in [2.75, 3.05) is 32.8 Å². The number of carbonyl (C=O) groups excluding carboxylic acids is 3. The van der Waals surface area contributed by atoms with Crippen LogP contribution in [0, 0.1) is 10.8 Å². The Morgan fingerprint density at radius 2 is 1.85 bits per heavy atom. The summed E-state index contributed by atoms with van der Waals surface area (Å²) in [5.41, 5.74) is 2.21. The Bertz CT molecular complexity index is 1720. The Hall–Kier alpha value is -3.63. The van der Waals surface area contributed by atoms with Gasteiger partial charge in [0, 0.05) is 42.6 Å². The topological polar surface area (TPSA) is 128 Å². The highest BCUT2D eigenvalue weighted by molar-refractivity contribution is 6.31. The van der Waals surface area contributed by atoms with Crippen LogP contribution in [0.15, 0.2) is 42.5 Å². The van der Waals surface area contributed by atoms with Crippen LogP contribution in [0.25, 0.3) is 11.0 Å². The average Bonchev–Trinajstić information content (AvgIpc) is 3.60. The van der Waals surface area contributed by atoms with Gasteiger partial charge >= 0.3 is 6.03 Å². The van der Waals surface area contributed by atoms with Crippen molar-refractivity contribution >= 4 is 40.5 Å². The molecule has 2 aliphatic carbocycles. The van der Waals surface area contributed by atoms with Crippen LogP contribution in [0.4, 0.5) is 4.79 Å². The molecular weight excluding hydrogens is 616 g/mol. The lowest BCUT2D eigenvalue weighted by Gasteiger charge is -2.42. The number of amides is 4. The summed E-state index contributed by atoms with van der Waals surface area (Å²) < 4.78 is 5.85. The van der Waals surface area contributed by atoms with Gasteiger partial charge in [0.2, 0.25) is 11.8 Å².